The normalized spacial score (nSPS) is 15.8. The van der Waals surface area contributed by atoms with Crippen molar-refractivity contribution in [2.75, 3.05) is 60.9 Å². The third-order valence-corrected chi connectivity index (χ3v) is 7.60. The highest BCUT2D eigenvalue weighted by Gasteiger charge is 2.53. The minimum atomic E-state index is -1.26. The van der Waals surface area contributed by atoms with Gasteiger partial charge in [-0.15, -0.1) is 0 Å². The van der Waals surface area contributed by atoms with Gasteiger partial charge in [0.15, 0.2) is 0 Å². The number of rotatable bonds is 9. The first-order valence-electron chi connectivity index (χ1n) is 13.7. The molecule has 1 unspecified atom stereocenters. The average molecular weight is 536 g/mol. The van der Waals surface area contributed by atoms with Crippen molar-refractivity contribution in [3.05, 3.63) is 108 Å². The lowest BCUT2D eigenvalue weighted by Crippen LogP contribution is -2.45. The second-order valence-electron chi connectivity index (χ2n) is 10.3. The fourth-order valence-corrected chi connectivity index (χ4v) is 5.40. The molecule has 206 valence electrons. The number of esters is 1. The molecular weight excluding hydrogens is 498 g/mol. The minimum Gasteiger partial charge on any atom is -0.426 e. The smallest absolute Gasteiger partial charge is 0.341 e. The molecule has 0 saturated heterocycles. The van der Waals surface area contributed by atoms with Crippen molar-refractivity contribution in [1.29, 1.82) is 0 Å². The first kappa shape index (κ1) is 27.1. The summed E-state index contributed by atoms with van der Waals surface area (Å²) < 4.78 is 6.50. The maximum absolute atomic E-state index is 13.5. The molecule has 4 aromatic rings. The molecule has 0 aliphatic carbocycles. The van der Waals surface area contributed by atoms with E-state index in [4.69, 9.17) is 4.74 Å². The number of pyridine rings is 1. The van der Waals surface area contributed by atoms with E-state index in [1.807, 2.05) is 28.2 Å². The van der Waals surface area contributed by atoms with Gasteiger partial charge in [-0.25, -0.2) is 4.79 Å². The molecule has 1 atom stereocenters. The number of carbonyl (C=O) groups is 1. The van der Waals surface area contributed by atoms with Gasteiger partial charge in [0.1, 0.15) is 0 Å². The van der Waals surface area contributed by atoms with Crippen LogP contribution in [-0.2, 0) is 10.5 Å². The molecule has 0 amide bonds. The highest BCUT2D eigenvalue weighted by atomic mass is 16.6. The highest BCUT2D eigenvalue weighted by molar-refractivity contribution is 5.96. The maximum Gasteiger partial charge on any atom is 0.341 e. The van der Waals surface area contributed by atoms with Crippen LogP contribution in [-0.4, -0.2) is 52.2 Å². The summed E-state index contributed by atoms with van der Waals surface area (Å²) in [5.74, 6) is -0.370. The monoisotopic (exact) mass is 535 g/mol. The van der Waals surface area contributed by atoms with Crippen LogP contribution in [0.3, 0.4) is 0 Å². The number of nitrogens with zero attached hydrogens (tertiary/aromatic N) is 5. The molecule has 1 aliphatic heterocycles. The average Bonchev–Trinajstić information content (AvgIpc) is 3.27. The van der Waals surface area contributed by atoms with Crippen LogP contribution < -0.4 is 19.6 Å². The summed E-state index contributed by atoms with van der Waals surface area (Å²) in [6.07, 6.45) is 3.40. The molecule has 0 bridgehead atoms. The lowest BCUT2D eigenvalue weighted by atomic mass is 9.91. The largest absolute Gasteiger partial charge is 0.426 e. The molecular formula is C33H37N5O2. The SMILES string of the molecule is CCN(CC)c1ccc(C2(N(c3ccc(N(C)C)cc3)c3ccc(N(C)C)cc3)OC(=O)c3ccncc32)cc1. The molecule has 7 heteroatoms. The molecule has 1 aliphatic rings. The van der Waals surface area contributed by atoms with E-state index in [9.17, 15) is 4.79 Å². The van der Waals surface area contributed by atoms with E-state index < -0.39 is 5.72 Å². The van der Waals surface area contributed by atoms with Gasteiger partial charge >= 0.3 is 5.97 Å². The van der Waals surface area contributed by atoms with Crippen LogP contribution in [0.25, 0.3) is 0 Å². The third-order valence-electron chi connectivity index (χ3n) is 7.60. The lowest BCUT2D eigenvalue weighted by molar-refractivity contribution is 0.0133. The second kappa shape index (κ2) is 10.9. The zero-order chi connectivity index (χ0) is 28.4. The zero-order valence-electron chi connectivity index (χ0n) is 24.1. The van der Waals surface area contributed by atoms with Crippen LogP contribution >= 0.6 is 0 Å². The Morgan fingerprint density at radius 3 is 1.62 bits per heavy atom. The second-order valence-corrected chi connectivity index (χ2v) is 10.3. The van der Waals surface area contributed by atoms with Crippen LogP contribution in [0.5, 0.6) is 0 Å². The summed E-state index contributed by atoms with van der Waals surface area (Å²) in [5, 5.41) is 0. The van der Waals surface area contributed by atoms with Gasteiger partial charge in [-0.3, -0.25) is 9.88 Å². The predicted molar refractivity (Wildman–Crippen MR) is 164 cm³/mol. The highest BCUT2D eigenvalue weighted by Crippen LogP contribution is 2.50. The Morgan fingerprint density at radius 1 is 0.675 bits per heavy atom. The Kier molecular flexibility index (Phi) is 7.39. The Hall–Kier alpha value is -4.52. The summed E-state index contributed by atoms with van der Waals surface area (Å²) in [5.41, 5.74) is 5.87. The van der Waals surface area contributed by atoms with Gasteiger partial charge in [0.25, 0.3) is 0 Å². The van der Waals surface area contributed by atoms with Gasteiger partial charge in [0.2, 0.25) is 5.72 Å². The van der Waals surface area contributed by atoms with Crippen molar-refractivity contribution in [2.24, 2.45) is 0 Å². The summed E-state index contributed by atoms with van der Waals surface area (Å²) in [6.45, 7) is 6.11. The Morgan fingerprint density at radius 2 is 1.15 bits per heavy atom. The number of fused-ring (bicyclic) bond motifs is 1. The van der Waals surface area contributed by atoms with E-state index in [1.165, 1.54) is 0 Å². The summed E-state index contributed by atoms with van der Waals surface area (Å²) in [4.78, 5) is 26.5. The van der Waals surface area contributed by atoms with Gasteiger partial charge in [0.05, 0.1) is 11.1 Å². The first-order valence-corrected chi connectivity index (χ1v) is 13.7. The Bertz CT molecular complexity index is 1410. The van der Waals surface area contributed by atoms with E-state index in [2.05, 4.69) is 111 Å². The topological polar surface area (TPSA) is 52.2 Å². The van der Waals surface area contributed by atoms with Crippen molar-refractivity contribution in [3.8, 4) is 0 Å². The van der Waals surface area contributed by atoms with E-state index in [1.54, 1.807) is 18.5 Å². The number of carbonyl (C=O) groups excluding carboxylic acids is 1. The molecule has 0 spiro atoms. The van der Waals surface area contributed by atoms with Gasteiger partial charge < -0.3 is 19.4 Å². The van der Waals surface area contributed by atoms with Gasteiger partial charge in [-0.1, -0.05) is 12.1 Å². The summed E-state index contributed by atoms with van der Waals surface area (Å²) in [6, 6.07) is 26.7. The molecule has 7 nitrogen and oxygen atoms in total. The minimum absolute atomic E-state index is 0.370. The number of hydrogen-bond donors (Lipinski definition) is 0. The predicted octanol–water partition coefficient (Wildman–Crippen LogP) is 6.27. The molecule has 3 aromatic carbocycles. The standard InChI is InChI=1S/C33H37N5O2/c1-7-37(8-2)27-11-9-24(10-12-27)33(31-23-34-22-21-30(31)32(39)40-33)38(28-17-13-25(14-18-28)35(3)4)29-19-15-26(16-20-29)36(5)6/h9-23H,7-8H2,1-6H3. The number of aromatic nitrogens is 1. The van der Waals surface area contributed by atoms with Crippen molar-refractivity contribution < 1.29 is 9.53 Å². The maximum atomic E-state index is 13.5. The van der Waals surface area contributed by atoms with E-state index >= 15 is 0 Å². The van der Waals surface area contributed by atoms with Gasteiger partial charge in [-0.2, -0.15) is 0 Å². The molecule has 40 heavy (non-hydrogen) atoms. The molecule has 0 saturated carbocycles. The zero-order valence-corrected chi connectivity index (χ0v) is 24.1. The first-order chi connectivity index (χ1) is 19.3. The number of anilines is 5. The van der Waals surface area contributed by atoms with Crippen LogP contribution in [0.4, 0.5) is 28.4 Å². The van der Waals surface area contributed by atoms with E-state index in [-0.39, 0.29) is 5.97 Å². The lowest BCUT2D eigenvalue weighted by Gasteiger charge is -2.42. The number of ether oxygens (including phenoxy) is 1. The van der Waals surface area contributed by atoms with Gasteiger partial charge in [0, 0.05) is 87.7 Å². The number of cyclic esters (lactones) is 1. The molecule has 5 rings (SSSR count). The molecule has 1 aromatic heterocycles. The van der Waals surface area contributed by atoms with Crippen molar-refractivity contribution in [1.82, 2.24) is 4.98 Å². The fourth-order valence-electron chi connectivity index (χ4n) is 5.40. The van der Waals surface area contributed by atoms with Crippen LogP contribution in [0.2, 0.25) is 0 Å². The Balaban J connectivity index is 1.77. The molecule has 2 heterocycles. The van der Waals surface area contributed by atoms with Crippen LogP contribution in [0, 0.1) is 0 Å². The third kappa shape index (κ3) is 4.62. The summed E-state index contributed by atoms with van der Waals surface area (Å²) >= 11 is 0. The Labute approximate surface area is 237 Å². The summed E-state index contributed by atoms with van der Waals surface area (Å²) in [7, 11) is 8.08. The van der Waals surface area contributed by atoms with Crippen LogP contribution in [0.1, 0.15) is 35.3 Å². The van der Waals surface area contributed by atoms with E-state index in [0.29, 0.717) is 11.1 Å². The number of benzene rings is 3. The number of hydrogen-bond acceptors (Lipinski definition) is 7. The van der Waals surface area contributed by atoms with Crippen molar-refractivity contribution >= 4 is 34.4 Å². The molecule has 0 radical (unpaired) electrons. The van der Waals surface area contributed by atoms with Gasteiger partial charge in [-0.05, 0) is 80.6 Å². The molecule has 0 fully saturated rings. The van der Waals surface area contributed by atoms with Crippen molar-refractivity contribution in [2.45, 2.75) is 19.6 Å². The van der Waals surface area contributed by atoms with Crippen LogP contribution in [0.15, 0.2) is 91.3 Å². The fraction of sp³-hybridized carbons (Fsp3) is 0.273. The van der Waals surface area contributed by atoms with E-state index in [0.717, 1.165) is 47.1 Å². The quantitative estimate of drug-likeness (QED) is 0.234. The molecule has 0 N–H and O–H groups in total. The van der Waals surface area contributed by atoms with Crippen molar-refractivity contribution in [3.63, 3.8) is 0 Å².